The lowest BCUT2D eigenvalue weighted by molar-refractivity contribution is -0.135. The van der Waals surface area contributed by atoms with Gasteiger partial charge in [-0.3, -0.25) is 9.59 Å². The predicted molar refractivity (Wildman–Crippen MR) is 175 cm³/mol. The molecule has 224 valence electrons. The Bertz CT molecular complexity index is 1640. The smallest absolute Gasteiger partial charge is 0.335 e. The van der Waals surface area contributed by atoms with Crippen molar-refractivity contribution in [3.8, 4) is 11.3 Å². The first-order valence-electron chi connectivity index (χ1n) is 13.9. The number of hydrogen-bond donors (Lipinski definition) is 4. The average molecular weight is 694 g/mol. The van der Waals surface area contributed by atoms with Gasteiger partial charge in [-0.25, -0.2) is 9.78 Å². The molecule has 0 saturated heterocycles. The van der Waals surface area contributed by atoms with Gasteiger partial charge in [0.05, 0.1) is 23.3 Å². The van der Waals surface area contributed by atoms with Gasteiger partial charge in [0.25, 0.3) is 0 Å². The molecule has 0 spiro atoms. The Kier molecular flexibility index (Phi) is 10.0. The van der Waals surface area contributed by atoms with Crippen LogP contribution in [-0.2, 0) is 22.2 Å². The quantitative estimate of drug-likeness (QED) is 0.122. The molecule has 1 aromatic heterocycles. The number of benzene rings is 3. The largest absolute Gasteiger partial charge is 0.478 e. The number of aromatic amines is 1. The molecule has 0 aliphatic carbocycles. The zero-order valence-electron chi connectivity index (χ0n) is 24.6. The Labute approximate surface area is 264 Å². The summed E-state index contributed by atoms with van der Waals surface area (Å²) in [6.45, 7) is 7.69. The molecule has 10 heteroatoms. The number of carbonyl (C=O) groups excluding carboxylic acids is 2. The number of nitrogens with zero attached hydrogens (tertiary/aromatic N) is 2. The van der Waals surface area contributed by atoms with Gasteiger partial charge in [0, 0.05) is 27.8 Å². The van der Waals surface area contributed by atoms with Gasteiger partial charge >= 0.3 is 5.97 Å². The molecule has 0 unspecified atom stereocenters. The van der Waals surface area contributed by atoms with Crippen molar-refractivity contribution in [2.45, 2.75) is 57.2 Å². The van der Waals surface area contributed by atoms with Crippen LogP contribution in [0.2, 0.25) is 0 Å². The zero-order valence-corrected chi connectivity index (χ0v) is 26.8. The summed E-state index contributed by atoms with van der Waals surface area (Å²) in [7, 11) is 0. The molecule has 0 bridgehead atoms. The maximum atomic E-state index is 14.1. The van der Waals surface area contributed by atoms with Crippen LogP contribution in [0.1, 0.15) is 73.0 Å². The second-order valence-electron chi connectivity index (χ2n) is 10.8. The second kappa shape index (κ2) is 13.5. The van der Waals surface area contributed by atoms with E-state index in [1.165, 1.54) is 11.6 Å². The van der Waals surface area contributed by atoms with E-state index in [4.69, 9.17) is 16.5 Å². The van der Waals surface area contributed by atoms with Crippen LogP contribution in [0.5, 0.6) is 0 Å². The SMILES string of the molecule is Cc1cc(C(N)=O)cc(C)c1C[C@H](N)C(=O)N(Cc1cccc(C(=O)O)c1)[C@@H](C)c1nc(-c2ccc(CI)cc2)c(C)[nH]1. The average Bonchev–Trinajstić information content (AvgIpc) is 3.38. The second-order valence-corrected chi connectivity index (χ2v) is 11.6. The van der Waals surface area contributed by atoms with E-state index in [0.29, 0.717) is 17.0 Å². The first-order chi connectivity index (χ1) is 20.4. The number of aromatic nitrogens is 2. The van der Waals surface area contributed by atoms with Gasteiger partial charge in [-0.15, -0.1) is 0 Å². The van der Waals surface area contributed by atoms with Crippen LogP contribution in [0.15, 0.2) is 60.7 Å². The summed E-state index contributed by atoms with van der Waals surface area (Å²) in [6.07, 6.45) is 0.250. The molecule has 43 heavy (non-hydrogen) atoms. The van der Waals surface area contributed by atoms with Crippen LogP contribution in [0.4, 0.5) is 0 Å². The zero-order chi connectivity index (χ0) is 31.4. The number of nitrogens with two attached hydrogens (primary N) is 2. The molecule has 9 nitrogen and oxygen atoms in total. The summed E-state index contributed by atoms with van der Waals surface area (Å²) in [4.78, 5) is 47.3. The molecule has 4 rings (SSSR count). The Hall–Kier alpha value is -4.03. The van der Waals surface area contributed by atoms with Crippen molar-refractivity contribution in [1.29, 1.82) is 0 Å². The highest BCUT2D eigenvalue weighted by molar-refractivity contribution is 14.1. The minimum absolute atomic E-state index is 0.132. The number of alkyl halides is 1. The van der Waals surface area contributed by atoms with E-state index >= 15 is 0 Å². The highest BCUT2D eigenvalue weighted by Gasteiger charge is 2.30. The highest BCUT2D eigenvalue weighted by atomic mass is 127. The Morgan fingerprint density at radius 1 is 0.977 bits per heavy atom. The number of imidazole rings is 1. The van der Waals surface area contributed by atoms with Crippen molar-refractivity contribution in [3.63, 3.8) is 0 Å². The highest BCUT2D eigenvalue weighted by Crippen LogP contribution is 2.28. The number of nitrogens with one attached hydrogen (secondary N) is 1. The number of H-pyrrole nitrogens is 1. The van der Waals surface area contributed by atoms with Crippen molar-refractivity contribution >= 4 is 40.4 Å². The van der Waals surface area contributed by atoms with E-state index in [0.717, 1.165) is 38.1 Å². The molecule has 2 amide bonds. The Morgan fingerprint density at radius 2 is 1.63 bits per heavy atom. The Balaban J connectivity index is 1.68. The van der Waals surface area contributed by atoms with Crippen molar-refractivity contribution in [2.24, 2.45) is 11.5 Å². The molecule has 0 aliphatic heterocycles. The molecule has 0 saturated carbocycles. The summed E-state index contributed by atoms with van der Waals surface area (Å²) in [6, 6.07) is 16.7. The maximum Gasteiger partial charge on any atom is 0.335 e. The summed E-state index contributed by atoms with van der Waals surface area (Å²) >= 11 is 2.33. The number of halogens is 1. The number of amides is 2. The molecular formula is C33H36IN5O4. The van der Waals surface area contributed by atoms with E-state index in [1.54, 1.807) is 35.2 Å². The lowest BCUT2D eigenvalue weighted by Crippen LogP contribution is -2.46. The van der Waals surface area contributed by atoms with Gasteiger partial charge in [0.2, 0.25) is 11.8 Å². The minimum atomic E-state index is -1.05. The third kappa shape index (κ3) is 7.31. The summed E-state index contributed by atoms with van der Waals surface area (Å²) in [5, 5.41) is 9.53. The monoisotopic (exact) mass is 693 g/mol. The third-order valence-electron chi connectivity index (χ3n) is 7.68. The van der Waals surface area contributed by atoms with E-state index < -0.39 is 24.0 Å². The van der Waals surface area contributed by atoms with Crippen LogP contribution >= 0.6 is 22.6 Å². The number of aryl methyl sites for hydroxylation is 3. The van der Waals surface area contributed by atoms with Crippen LogP contribution in [0.3, 0.4) is 0 Å². The number of carboxylic acid groups (broad SMARTS) is 1. The summed E-state index contributed by atoms with van der Waals surface area (Å²) < 4.78 is 0.911. The number of rotatable bonds is 11. The molecule has 2 atom stereocenters. The Morgan fingerprint density at radius 3 is 2.21 bits per heavy atom. The fourth-order valence-corrected chi connectivity index (χ4v) is 5.75. The van der Waals surface area contributed by atoms with Crippen LogP contribution in [0, 0.1) is 20.8 Å². The van der Waals surface area contributed by atoms with E-state index in [1.807, 2.05) is 39.8 Å². The number of aromatic carboxylic acids is 1. The molecule has 1 heterocycles. The predicted octanol–water partition coefficient (Wildman–Crippen LogP) is 5.39. The fraction of sp³-hybridized carbons (Fsp3) is 0.273. The van der Waals surface area contributed by atoms with Gasteiger partial charge < -0.3 is 26.5 Å². The van der Waals surface area contributed by atoms with Gasteiger partial charge in [0.15, 0.2) is 0 Å². The lowest BCUT2D eigenvalue weighted by atomic mass is 9.93. The normalized spacial score (nSPS) is 12.5. The van der Waals surface area contributed by atoms with Gasteiger partial charge in [-0.05, 0) is 86.2 Å². The van der Waals surface area contributed by atoms with E-state index in [9.17, 15) is 19.5 Å². The van der Waals surface area contributed by atoms with E-state index in [2.05, 4.69) is 39.7 Å². The number of carbonyl (C=O) groups is 3. The lowest BCUT2D eigenvalue weighted by Gasteiger charge is -2.31. The third-order valence-corrected chi connectivity index (χ3v) is 8.56. The molecule has 3 aromatic carbocycles. The van der Waals surface area contributed by atoms with E-state index in [-0.39, 0.29) is 24.4 Å². The van der Waals surface area contributed by atoms with Crippen molar-refractivity contribution in [3.05, 3.63) is 111 Å². The minimum Gasteiger partial charge on any atom is -0.478 e. The van der Waals surface area contributed by atoms with Gasteiger partial charge in [-0.1, -0.05) is 59.0 Å². The topological polar surface area (TPSA) is 155 Å². The first-order valence-corrected chi connectivity index (χ1v) is 15.4. The van der Waals surface area contributed by atoms with Crippen LogP contribution in [-0.4, -0.2) is 43.8 Å². The van der Waals surface area contributed by atoms with Crippen molar-refractivity contribution in [2.75, 3.05) is 0 Å². The summed E-state index contributed by atoms with van der Waals surface area (Å²) in [5.74, 6) is -1.28. The van der Waals surface area contributed by atoms with Crippen molar-refractivity contribution in [1.82, 2.24) is 14.9 Å². The molecule has 0 radical (unpaired) electrons. The van der Waals surface area contributed by atoms with Crippen molar-refractivity contribution < 1.29 is 19.5 Å². The number of carboxylic acids is 1. The summed E-state index contributed by atoms with van der Waals surface area (Å²) in [5.41, 5.74) is 19.6. The fourth-order valence-electron chi connectivity index (χ4n) is 5.24. The van der Waals surface area contributed by atoms with Crippen LogP contribution in [0.25, 0.3) is 11.3 Å². The molecular weight excluding hydrogens is 657 g/mol. The molecule has 4 aromatic rings. The van der Waals surface area contributed by atoms with Gasteiger partial charge in [-0.2, -0.15) is 0 Å². The molecule has 0 fully saturated rings. The number of primary amides is 1. The van der Waals surface area contributed by atoms with Gasteiger partial charge in [0.1, 0.15) is 5.82 Å². The van der Waals surface area contributed by atoms with Crippen LogP contribution < -0.4 is 11.5 Å². The standard InChI is InChI=1S/C33H36IN5O4/c1-18-12-26(30(36)40)13-19(2)27(18)15-28(35)32(41)39(17-23-6-5-7-25(14-23)33(42)43)21(4)31-37-20(3)29(38-31)24-10-8-22(16-34)9-11-24/h5-14,21,28H,15-17,35H2,1-4H3,(H2,36,40)(H,37,38)(H,42,43)/t21-,28-/m0/s1. The molecule has 0 aliphatic rings. The molecule has 6 N–H and O–H groups in total. The first kappa shape index (κ1) is 31.9. The number of hydrogen-bond acceptors (Lipinski definition) is 5. The maximum absolute atomic E-state index is 14.1.